The van der Waals surface area contributed by atoms with Gasteiger partial charge in [0.1, 0.15) is 5.82 Å². The maximum atomic E-state index is 14.3. The Morgan fingerprint density at radius 2 is 1.88 bits per heavy atom. The molecule has 0 radical (unpaired) electrons. The van der Waals surface area contributed by atoms with Gasteiger partial charge in [-0.15, -0.1) is 0 Å². The molecule has 0 bridgehead atoms. The summed E-state index contributed by atoms with van der Waals surface area (Å²) in [5, 5.41) is 0. The Morgan fingerprint density at radius 3 is 2.59 bits per heavy atom. The lowest BCUT2D eigenvalue weighted by atomic mass is 10.2. The average Bonchev–Trinajstić information content (AvgIpc) is 3.59. The molecule has 1 aliphatic carbocycles. The van der Waals surface area contributed by atoms with Crippen LogP contribution in [-0.2, 0) is 28.0 Å². The Morgan fingerprint density at radius 1 is 1.12 bits per heavy atom. The van der Waals surface area contributed by atoms with Crippen LogP contribution in [0, 0.1) is 10.7 Å². The Kier molecular flexibility index (Phi) is 5.89. The minimum Gasteiger partial charge on any atom is -0.429 e. The van der Waals surface area contributed by atoms with E-state index in [0.717, 1.165) is 12.8 Å². The molecule has 10 heteroatoms. The largest absolute Gasteiger partial charge is 0.429 e. The van der Waals surface area contributed by atoms with Gasteiger partial charge in [-0.1, -0.05) is 18.2 Å². The zero-order valence-electron chi connectivity index (χ0n) is 17.4. The lowest BCUT2D eigenvalue weighted by Crippen LogP contribution is -2.40. The van der Waals surface area contributed by atoms with E-state index in [4.69, 9.17) is 21.4 Å². The van der Waals surface area contributed by atoms with E-state index in [0.29, 0.717) is 62.2 Å². The molecule has 0 atom stereocenters. The van der Waals surface area contributed by atoms with Crippen molar-refractivity contribution in [1.29, 1.82) is 0 Å². The predicted octanol–water partition coefficient (Wildman–Crippen LogP) is 3.75. The third-order valence-corrected chi connectivity index (χ3v) is 8.16. The molecule has 2 fully saturated rings. The molecule has 1 saturated carbocycles. The molecule has 170 valence electrons. The summed E-state index contributed by atoms with van der Waals surface area (Å²) in [5.41, 5.74) is 1.76. The molecule has 0 N–H and O–H groups in total. The van der Waals surface area contributed by atoms with Crippen LogP contribution in [0.15, 0.2) is 51.8 Å². The summed E-state index contributed by atoms with van der Waals surface area (Å²) in [6.07, 6.45) is 2.07. The second kappa shape index (κ2) is 8.68. The third kappa shape index (κ3) is 4.25. The van der Waals surface area contributed by atoms with Crippen LogP contribution in [-0.4, -0.2) is 54.5 Å². The van der Waals surface area contributed by atoms with Gasteiger partial charge in [0.2, 0.25) is 10.0 Å². The van der Waals surface area contributed by atoms with E-state index in [2.05, 4.69) is 4.90 Å². The van der Waals surface area contributed by atoms with Gasteiger partial charge in [-0.3, -0.25) is 9.47 Å². The van der Waals surface area contributed by atoms with Crippen molar-refractivity contribution in [2.45, 2.75) is 37.0 Å². The maximum absolute atomic E-state index is 14.3. The predicted molar refractivity (Wildman–Crippen MR) is 120 cm³/mol. The number of ether oxygens (including phenoxy) is 1. The zero-order valence-corrected chi connectivity index (χ0v) is 19.1. The zero-order chi connectivity index (χ0) is 22.3. The molecule has 1 aliphatic heterocycles. The van der Waals surface area contributed by atoms with Crippen LogP contribution in [0.25, 0.3) is 11.1 Å². The van der Waals surface area contributed by atoms with Crippen molar-refractivity contribution >= 4 is 33.3 Å². The van der Waals surface area contributed by atoms with Gasteiger partial charge in [0.15, 0.2) is 5.58 Å². The molecule has 2 aromatic carbocycles. The molecule has 7 nitrogen and oxygen atoms in total. The second-order valence-corrected chi connectivity index (χ2v) is 10.4. The Balaban J connectivity index is 1.48. The van der Waals surface area contributed by atoms with Gasteiger partial charge < -0.3 is 9.15 Å². The molecule has 0 spiro atoms. The van der Waals surface area contributed by atoms with E-state index in [-0.39, 0.29) is 15.6 Å². The van der Waals surface area contributed by atoms with Crippen LogP contribution < -0.4 is 0 Å². The first kappa shape index (κ1) is 21.7. The molecular weight excluding hydrogens is 453 g/mol. The highest BCUT2D eigenvalue weighted by Crippen LogP contribution is 2.31. The number of oxazole rings is 1. The van der Waals surface area contributed by atoms with Crippen molar-refractivity contribution in [2.75, 3.05) is 26.3 Å². The summed E-state index contributed by atoms with van der Waals surface area (Å²) in [7, 11) is -3.65. The first-order valence-corrected chi connectivity index (χ1v) is 12.5. The van der Waals surface area contributed by atoms with E-state index in [1.165, 1.54) is 10.4 Å². The fraction of sp³-hybridized carbons (Fsp3) is 0.409. The van der Waals surface area contributed by atoms with Crippen LogP contribution in [0.4, 0.5) is 4.39 Å². The van der Waals surface area contributed by atoms with E-state index in [1.54, 1.807) is 34.9 Å². The fourth-order valence-electron chi connectivity index (χ4n) is 4.03. The summed E-state index contributed by atoms with van der Waals surface area (Å²) in [6.45, 7) is 2.27. The van der Waals surface area contributed by atoms with Crippen molar-refractivity contribution in [3.63, 3.8) is 0 Å². The number of benzene rings is 2. The maximum Gasteiger partial charge on any atom is 0.270 e. The number of nitrogens with zero attached hydrogens (tertiary/aromatic N) is 3. The minimum absolute atomic E-state index is 0.198. The number of morpholine rings is 1. The van der Waals surface area contributed by atoms with Gasteiger partial charge in [0.25, 0.3) is 4.84 Å². The van der Waals surface area contributed by atoms with Gasteiger partial charge in [-0.2, -0.15) is 4.31 Å². The van der Waals surface area contributed by atoms with Crippen molar-refractivity contribution in [1.82, 2.24) is 13.8 Å². The second-order valence-electron chi connectivity index (χ2n) is 8.15. The summed E-state index contributed by atoms with van der Waals surface area (Å²) in [5.74, 6) is -0.238. The number of hydrogen-bond acceptors (Lipinski definition) is 6. The lowest BCUT2D eigenvalue weighted by molar-refractivity contribution is 0.0730. The number of halogens is 1. The number of aromatic nitrogens is 1. The molecule has 2 heterocycles. The standard InChI is InChI=1S/C22H24FN3O4S2/c23-19-4-2-1-3-16(19)14-24(17-5-6-17)15-26-20-13-18(7-8-21(20)30-22(26)31)32(27,28)25-9-11-29-12-10-25/h1-4,7-8,13,17H,5-6,9-12,14-15H2. The van der Waals surface area contributed by atoms with E-state index in [1.807, 2.05) is 6.07 Å². The van der Waals surface area contributed by atoms with Crippen LogP contribution in [0.2, 0.25) is 0 Å². The van der Waals surface area contributed by atoms with Crippen LogP contribution in [0.1, 0.15) is 18.4 Å². The van der Waals surface area contributed by atoms with Crippen LogP contribution in [0.5, 0.6) is 0 Å². The number of sulfonamides is 1. The van der Waals surface area contributed by atoms with Crippen molar-refractivity contribution in [3.8, 4) is 0 Å². The Bertz CT molecular complexity index is 1290. The molecule has 32 heavy (non-hydrogen) atoms. The van der Waals surface area contributed by atoms with Gasteiger partial charge in [-0.05, 0) is 49.3 Å². The summed E-state index contributed by atoms with van der Waals surface area (Å²) >= 11 is 5.45. The van der Waals surface area contributed by atoms with Crippen LogP contribution >= 0.6 is 12.2 Å². The molecule has 1 saturated heterocycles. The minimum atomic E-state index is -3.65. The first-order valence-electron chi connectivity index (χ1n) is 10.6. The van der Waals surface area contributed by atoms with Gasteiger partial charge in [0, 0.05) is 31.2 Å². The lowest BCUT2D eigenvalue weighted by Gasteiger charge is -2.26. The number of fused-ring (bicyclic) bond motifs is 1. The highest BCUT2D eigenvalue weighted by atomic mass is 32.2. The Hall–Kier alpha value is -2.11. The molecule has 0 amide bonds. The molecule has 3 aromatic rings. The summed E-state index contributed by atoms with van der Waals surface area (Å²) in [4.78, 5) is 2.62. The van der Waals surface area contributed by atoms with Crippen LogP contribution in [0.3, 0.4) is 0 Å². The number of rotatable bonds is 7. The monoisotopic (exact) mass is 477 g/mol. The van der Waals surface area contributed by atoms with E-state index >= 15 is 0 Å². The molecule has 2 aliphatic rings. The highest BCUT2D eigenvalue weighted by molar-refractivity contribution is 7.89. The quantitative estimate of drug-likeness (QED) is 0.483. The van der Waals surface area contributed by atoms with E-state index < -0.39 is 10.0 Å². The smallest absolute Gasteiger partial charge is 0.270 e. The Labute approximate surface area is 191 Å². The van der Waals surface area contributed by atoms with Crippen molar-refractivity contribution in [2.24, 2.45) is 0 Å². The molecule has 0 unspecified atom stereocenters. The third-order valence-electron chi connectivity index (χ3n) is 5.96. The van der Waals surface area contributed by atoms with Crippen molar-refractivity contribution in [3.05, 3.63) is 58.7 Å². The topological polar surface area (TPSA) is 67.9 Å². The normalized spacial score (nSPS) is 17.9. The van der Waals surface area contributed by atoms with E-state index in [9.17, 15) is 12.8 Å². The summed E-state index contributed by atoms with van der Waals surface area (Å²) in [6, 6.07) is 11.9. The molecular formula is C22H24FN3O4S2. The van der Waals surface area contributed by atoms with Crippen molar-refractivity contribution < 1.29 is 22.0 Å². The molecule has 1 aromatic heterocycles. The van der Waals surface area contributed by atoms with Gasteiger partial charge in [-0.25, -0.2) is 12.8 Å². The van der Waals surface area contributed by atoms with Gasteiger partial charge in [0.05, 0.1) is 30.3 Å². The summed E-state index contributed by atoms with van der Waals surface area (Å²) < 4.78 is 54.7. The molecule has 5 rings (SSSR count). The first-order chi connectivity index (χ1) is 15.4. The van der Waals surface area contributed by atoms with Gasteiger partial charge >= 0.3 is 0 Å². The highest BCUT2D eigenvalue weighted by Gasteiger charge is 2.31. The average molecular weight is 478 g/mol. The fourth-order valence-corrected chi connectivity index (χ4v) is 5.71. The SMILES string of the molecule is O=S(=O)(c1ccc2oc(=S)n(CN(Cc3ccccc3F)C3CC3)c2c1)N1CCOCC1. The number of hydrogen-bond donors (Lipinski definition) is 0.